The molecule has 6 nitrogen and oxygen atoms in total. The second kappa shape index (κ2) is 12.2. The van der Waals surface area contributed by atoms with Gasteiger partial charge in [0.15, 0.2) is 18.2 Å². The molecule has 2 atom stereocenters. The van der Waals surface area contributed by atoms with Gasteiger partial charge in [0, 0.05) is 17.8 Å². The molecule has 1 unspecified atom stereocenters. The fourth-order valence-corrected chi connectivity index (χ4v) is 4.81. The number of nitrogens with zero attached hydrogens (tertiary/aromatic N) is 1. The van der Waals surface area contributed by atoms with E-state index in [0.717, 1.165) is 5.69 Å². The van der Waals surface area contributed by atoms with Gasteiger partial charge < -0.3 is 24.8 Å². The molecule has 38 heavy (non-hydrogen) atoms. The van der Waals surface area contributed by atoms with E-state index in [4.69, 9.17) is 14.6 Å². The van der Waals surface area contributed by atoms with Crippen molar-refractivity contribution >= 4 is 40.5 Å². The van der Waals surface area contributed by atoms with Gasteiger partial charge in [0.25, 0.3) is 0 Å². The minimum atomic E-state index is -1.05. The first-order valence-corrected chi connectivity index (χ1v) is 12.4. The molecule has 0 aromatic heterocycles. The lowest BCUT2D eigenvalue weighted by Crippen LogP contribution is -2.39. The zero-order valence-electron chi connectivity index (χ0n) is 21.0. The molecule has 4 aromatic carbocycles. The van der Waals surface area contributed by atoms with Gasteiger partial charge in [0.2, 0.25) is 0 Å². The van der Waals surface area contributed by atoms with Crippen LogP contribution in [0.3, 0.4) is 0 Å². The Labute approximate surface area is 227 Å². The average Bonchev–Trinajstić information content (AvgIpc) is 2.92. The SMILES string of the molecule is C[C@@H](NCCC1CN(c2cccc(OCC(=O)O)c2)c2cccc(F)c2O1)c1cccc2ccccc12.Cl. The van der Waals surface area contributed by atoms with E-state index in [-0.39, 0.29) is 30.3 Å². The zero-order valence-corrected chi connectivity index (χ0v) is 21.8. The molecule has 4 aromatic rings. The van der Waals surface area contributed by atoms with Crippen molar-refractivity contribution in [1.82, 2.24) is 5.32 Å². The van der Waals surface area contributed by atoms with E-state index in [9.17, 15) is 9.18 Å². The zero-order chi connectivity index (χ0) is 25.8. The van der Waals surface area contributed by atoms with Crippen LogP contribution >= 0.6 is 12.4 Å². The molecule has 1 aliphatic rings. The van der Waals surface area contributed by atoms with Crippen LogP contribution in [0, 0.1) is 5.82 Å². The van der Waals surface area contributed by atoms with Gasteiger partial charge in [-0.05, 0) is 60.5 Å². The molecule has 0 saturated heterocycles. The number of aliphatic carboxylic acids is 1. The van der Waals surface area contributed by atoms with Gasteiger partial charge in [-0.2, -0.15) is 0 Å². The topological polar surface area (TPSA) is 71.0 Å². The molecule has 1 heterocycles. The predicted octanol–water partition coefficient (Wildman–Crippen LogP) is 6.50. The number of hydrogen-bond acceptors (Lipinski definition) is 5. The highest BCUT2D eigenvalue weighted by Gasteiger charge is 2.29. The first-order valence-electron chi connectivity index (χ1n) is 12.4. The quantitative estimate of drug-likeness (QED) is 0.254. The maximum absolute atomic E-state index is 14.8. The largest absolute Gasteiger partial charge is 0.483 e. The highest BCUT2D eigenvalue weighted by Crippen LogP contribution is 2.41. The number of fused-ring (bicyclic) bond motifs is 2. The van der Waals surface area contributed by atoms with Crippen molar-refractivity contribution in [2.75, 3.05) is 24.6 Å². The van der Waals surface area contributed by atoms with Crippen molar-refractivity contribution < 1.29 is 23.8 Å². The first kappa shape index (κ1) is 27.2. The maximum atomic E-state index is 14.8. The number of carboxylic acids is 1. The fourth-order valence-electron chi connectivity index (χ4n) is 4.81. The fraction of sp³-hybridized carbons (Fsp3) is 0.233. The molecule has 0 aliphatic carbocycles. The van der Waals surface area contributed by atoms with Crippen molar-refractivity contribution in [3.63, 3.8) is 0 Å². The molecule has 0 bridgehead atoms. The summed E-state index contributed by atoms with van der Waals surface area (Å²) in [5.74, 6) is -0.804. The van der Waals surface area contributed by atoms with Crippen molar-refractivity contribution in [1.29, 1.82) is 0 Å². The number of benzene rings is 4. The number of carboxylic acid groups (broad SMARTS) is 1. The molecule has 0 spiro atoms. The summed E-state index contributed by atoms with van der Waals surface area (Å²) in [4.78, 5) is 12.9. The minimum absolute atomic E-state index is 0. The van der Waals surface area contributed by atoms with E-state index in [2.05, 4.69) is 48.6 Å². The maximum Gasteiger partial charge on any atom is 0.341 e. The Morgan fingerprint density at radius 2 is 1.87 bits per heavy atom. The Morgan fingerprint density at radius 1 is 1.11 bits per heavy atom. The molecular weight excluding hydrogens is 507 g/mol. The van der Waals surface area contributed by atoms with Crippen LogP contribution in [0.15, 0.2) is 84.9 Å². The van der Waals surface area contributed by atoms with Gasteiger partial charge in [-0.1, -0.05) is 54.6 Å². The molecule has 2 N–H and O–H groups in total. The second-order valence-electron chi connectivity index (χ2n) is 9.15. The highest BCUT2D eigenvalue weighted by molar-refractivity contribution is 5.86. The van der Waals surface area contributed by atoms with Gasteiger partial charge in [0.1, 0.15) is 11.9 Å². The van der Waals surface area contributed by atoms with E-state index in [0.29, 0.717) is 30.9 Å². The van der Waals surface area contributed by atoms with Crippen molar-refractivity contribution in [3.8, 4) is 11.5 Å². The lowest BCUT2D eigenvalue weighted by atomic mass is 9.99. The number of rotatable bonds is 9. The van der Waals surface area contributed by atoms with Gasteiger partial charge >= 0.3 is 5.97 Å². The number of hydrogen-bond donors (Lipinski definition) is 2. The summed E-state index contributed by atoms with van der Waals surface area (Å²) in [5.41, 5.74) is 2.64. The molecule has 0 amide bonds. The van der Waals surface area contributed by atoms with Crippen LogP contribution in [0.2, 0.25) is 0 Å². The van der Waals surface area contributed by atoms with E-state index >= 15 is 0 Å². The Morgan fingerprint density at radius 3 is 2.71 bits per heavy atom. The standard InChI is InChI=1S/C30H29FN2O4.ClH/c1-20(25-12-4-8-21-7-2-3-11-26(21)25)32-16-15-24-18-33(28-14-6-13-27(31)30(28)37-24)22-9-5-10-23(17-22)36-19-29(34)35;/h2-14,17,20,24,32H,15-16,18-19H2,1H3,(H,34,35);1H/t20-,24?;/m1./s1. The molecular formula is C30H30ClFN2O4. The van der Waals surface area contributed by atoms with Crippen LogP contribution in [0.5, 0.6) is 11.5 Å². The summed E-state index contributed by atoms with van der Waals surface area (Å²) < 4.78 is 26.3. The molecule has 8 heteroatoms. The van der Waals surface area contributed by atoms with Gasteiger partial charge in [-0.15, -0.1) is 12.4 Å². The van der Waals surface area contributed by atoms with E-state index in [1.54, 1.807) is 24.3 Å². The van der Waals surface area contributed by atoms with Gasteiger partial charge in [0.05, 0.1) is 12.2 Å². The van der Waals surface area contributed by atoms with Crippen LogP contribution in [0.4, 0.5) is 15.8 Å². The lowest BCUT2D eigenvalue weighted by molar-refractivity contribution is -0.139. The molecule has 0 fully saturated rings. The Hall–Kier alpha value is -3.81. The monoisotopic (exact) mass is 536 g/mol. The van der Waals surface area contributed by atoms with E-state index in [1.165, 1.54) is 22.4 Å². The van der Waals surface area contributed by atoms with Crippen LogP contribution < -0.4 is 19.7 Å². The van der Waals surface area contributed by atoms with Crippen molar-refractivity contribution in [2.24, 2.45) is 0 Å². The number of ether oxygens (including phenoxy) is 2. The third-order valence-electron chi connectivity index (χ3n) is 6.61. The average molecular weight is 537 g/mol. The summed E-state index contributed by atoms with van der Waals surface area (Å²) in [7, 11) is 0. The summed E-state index contributed by atoms with van der Waals surface area (Å²) in [6.07, 6.45) is 0.425. The normalized spacial score (nSPS) is 15.2. The van der Waals surface area contributed by atoms with Crippen LogP contribution in [0.1, 0.15) is 24.9 Å². The summed E-state index contributed by atoms with van der Waals surface area (Å²) >= 11 is 0. The Kier molecular flexibility index (Phi) is 8.71. The van der Waals surface area contributed by atoms with Crippen LogP contribution in [-0.2, 0) is 4.79 Å². The lowest BCUT2D eigenvalue weighted by Gasteiger charge is -2.36. The van der Waals surface area contributed by atoms with Crippen molar-refractivity contribution in [2.45, 2.75) is 25.5 Å². The predicted molar refractivity (Wildman–Crippen MR) is 150 cm³/mol. The van der Waals surface area contributed by atoms with Crippen LogP contribution in [0.25, 0.3) is 10.8 Å². The molecule has 1 aliphatic heterocycles. The van der Waals surface area contributed by atoms with Gasteiger partial charge in [-0.25, -0.2) is 9.18 Å². The van der Waals surface area contributed by atoms with Crippen molar-refractivity contribution in [3.05, 3.63) is 96.3 Å². The van der Waals surface area contributed by atoms with Crippen LogP contribution in [-0.4, -0.2) is 36.9 Å². The summed E-state index contributed by atoms with van der Waals surface area (Å²) in [6, 6.07) is 26.8. The first-order chi connectivity index (χ1) is 18.0. The highest BCUT2D eigenvalue weighted by atomic mass is 35.5. The molecule has 5 rings (SSSR count). The number of nitrogens with one attached hydrogen (secondary N) is 1. The number of para-hydroxylation sites is 1. The number of halogens is 2. The second-order valence-corrected chi connectivity index (χ2v) is 9.15. The Balaban J connectivity index is 0.00000336. The smallest absolute Gasteiger partial charge is 0.341 e. The molecule has 0 saturated carbocycles. The van der Waals surface area contributed by atoms with E-state index < -0.39 is 18.4 Å². The summed E-state index contributed by atoms with van der Waals surface area (Å²) in [5, 5.41) is 15.0. The minimum Gasteiger partial charge on any atom is -0.483 e. The Bertz CT molecular complexity index is 1410. The molecule has 198 valence electrons. The molecule has 0 radical (unpaired) electrons. The number of carbonyl (C=O) groups is 1. The number of anilines is 2. The third kappa shape index (κ3) is 6.01. The van der Waals surface area contributed by atoms with E-state index in [1.807, 2.05) is 23.1 Å². The summed E-state index contributed by atoms with van der Waals surface area (Å²) in [6.45, 7) is 2.92. The third-order valence-corrected chi connectivity index (χ3v) is 6.61. The van der Waals surface area contributed by atoms with Gasteiger partial charge in [-0.3, -0.25) is 0 Å².